The van der Waals surface area contributed by atoms with Crippen molar-refractivity contribution in [3.63, 3.8) is 0 Å². The number of ether oxygens (including phenoxy) is 1. The van der Waals surface area contributed by atoms with Gasteiger partial charge in [-0.3, -0.25) is 4.79 Å². The van der Waals surface area contributed by atoms with Gasteiger partial charge in [-0.05, 0) is 42.0 Å². The minimum Gasteiger partial charge on any atom is -0.489 e. The molecule has 0 saturated carbocycles. The molecule has 0 spiro atoms. The van der Waals surface area contributed by atoms with Crippen molar-refractivity contribution in [3.05, 3.63) is 107 Å². The van der Waals surface area contributed by atoms with E-state index in [4.69, 9.17) is 4.74 Å². The standard InChI is InChI=1S/C23H18FNO4/c24-20-12-5-4-10-18(20)15-29-19-11-6-7-16(13-19)14-21(23(27)28)25-22(26)17-8-2-1-3-9-17/h1-14H,15H2,(H,25,26)(H,27,28)/b21-14+. The predicted molar refractivity (Wildman–Crippen MR) is 107 cm³/mol. The Morgan fingerprint density at radius 3 is 2.41 bits per heavy atom. The van der Waals surface area contributed by atoms with Gasteiger partial charge in [0.15, 0.2) is 0 Å². The van der Waals surface area contributed by atoms with Gasteiger partial charge in [-0.15, -0.1) is 0 Å². The molecule has 146 valence electrons. The average Bonchev–Trinajstić information content (AvgIpc) is 2.73. The molecule has 3 aromatic carbocycles. The Hall–Kier alpha value is -3.93. The van der Waals surface area contributed by atoms with Gasteiger partial charge in [-0.25, -0.2) is 9.18 Å². The van der Waals surface area contributed by atoms with Crippen molar-refractivity contribution >= 4 is 18.0 Å². The fourth-order valence-electron chi connectivity index (χ4n) is 2.57. The van der Waals surface area contributed by atoms with Gasteiger partial charge in [-0.2, -0.15) is 0 Å². The molecule has 0 unspecified atom stereocenters. The number of halogens is 1. The van der Waals surface area contributed by atoms with E-state index in [2.05, 4.69) is 5.32 Å². The zero-order valence-corrected chi connectivity index (χ0v) is 15.3. The molecule has 0 fully saturated rings. The van der Waals surface area contributed by atoms with Crippen LogP contribution in [0.1, 0.15) is 21.5 Å². The Balaban J connectivity index is 1.75. The molecule has 0 atom stereocenters. The van der Waals surface area contributed by atoms with E-state index in [1.165, 1.54) is 12.1 Å². The summed E-state index contributed by atoms with van der Waals surface area (Å²) in [5, 5.41) is 11.8. The lowest BCUT2D eigenvalue weighted by Gasteiger charge is -2.09. The first-order chi connectivity index (χ1) is 14.0. The van der Waals surface area contributed by atoms with Crippen LogP contribution in [-0.4, -0.2) is 17.0 Å². The summed E-state index contributed by atoms with van der Waals surface area (Å²) in [4.78, 5) is 23.8. The molecule has 0 aliphatic heterocycles. The second-order valence-corrected chi connectivity index (χ2v) is 6.14. The van der Waals surface area contributed by atoms with Crippen molar-refractivity contribution in [3.8, 4) is 5.75 Å². The van der Waals surface area contributed by atoms with Crippen molar-refractivity contribution < 1.29 is 23.8 Å². The Labute approximate surface area is 167 Å². The second kappa shape index (κ2) is 9.32. The van der Waals surface area contributed by atoms with Crippen LogP contribution in [0.3, 0.4) is 0 Å². The molecule has 0 radical (unpaired) electrons. The normalized spacial score (nSPS) is 11.0. The van der Waals surface area contributed by atoms with E-state index in [0.29, 0.717) is 22.4 Å². The van der Waals surface area contributed by atoms with Crippen LogP contribution in [0.5, 0.6) is 5.75 Å². The fraction of sp³-hybridized carbons (Fsp3) is 0.0435. The van der Waals surface area contributed by atoms with Gasteiger partial charge in [0.2, 0.25) is 0 Å². The van der Waals surface area contributed by atoms with Gasteiger partial charge in [0, 0.05) is 11.1 Å². The number of aliphatic carboxylic acids is 1. The first kappa shape index (κ1) is 19.8. The van der Waals surface area contributed by atoms with Crippen molar-refractivity contribution in [1.29, 1.82) is 0 Å². The maximum absolute atomic E-state index is 13.7. The van der Waals surface area contributed by atoms with Gasteiger partial charge in [0.1, 0.15) is 23.9 Å². The van der Waals surface area contributed by atoms with Crippen LogP contribution in [0.25, 0.3) is 6.08 Å². The van der Waals surface area contributed by atoms with Crippen LogP contribution in [0.4, 0.5) is 4.39 Å². The summed E-state index contributed by atoms with van der Waals surface area (Å²) in [6.07, 6.45) is 1.33. The largest absolute Gasteiger partial charge is 0.489 e. The Morgan fingerprint density at radius 1 is 0.966 bits per heavy atom. The number of amides is 1. The fourth-order valence-corrected chi connectivity index (χ4v) is 2.57. The third kappa shape index (κ3) is 5.52. The molecular formula is C23H18FNO4. The maximum atomic E-state index is 13.7. The molecule has 2 N–H and O–H groups in total. The van der Waals surface area contributed by atoms with E-state index in [-0.39, 0.29) is 18.1 Å². The monoisotopic (exact) mass is 391 g/mol. The van der Waals surface area contributed by atoms with Gasteiger partial charge >= 0.3 is 5.97 Å². The Morgan fingerprint density at radius 2 is 1.69 bits per heavy atom. The number of carboxylic acids is 1. The number of carbonyl (C=O) groups is 2. The lowest BCUT2D eigenvalue weighted by atomic mass is 10.1. The number of carboxylic acid groups (broad SMARTS) is 1. The van der Waals surface area contributed by atoms with E-state index in [1.54, 1.807) is 72.8 Å². The van der Waals surface area contributed by atoms with E-state index < -0.39 is 11.9 Å². The summed E-state index contributed by atoms with van der Waals surface area (Å²) < 4.78 is 19.3. The van der Waals surface area contributed by atoms with Crippen LogP contribution in [0.2, 0.25) is 0 Å². The van der Waals surface area contributed by atoms with Gasteiger partial charge < -0.3 is 15.2 Å². The molecular weight excluding hydrogens is 373 g/mol. The molecule has 0 aliphatic carbocycles. The third-order valence-corrected chi connectivity index (χ3v) is 4.04. The van der Waals surface area contributed by atoms with Crippen LogP contribution < -0.4 is 10.1 Å². The molecule has 0 bridgehead atoms. The first-order valence-electron chi connectivity index (χ1n) is 8.80. The molecule has 0 aliphatic rings. The highest BCUT2D eigenvalue weighted by atomic mass is 19.1. The molecule has 6 heteroatoms. The minimum absolute atomic E-state index is 0.0381. The van der Waals surface area contributed by atoms with E-state index in [1.807, 2.05) is 0 Å². The zero-order chi connectivity index (χ0) is 20.6. The molecule has 0 aromatic heterocycles. The third-order valence-electron chi connectivity index (χ3n) is 4.04. The van der Waals surface area contributed by atoms with Crippen LogP contribution >= 0.6 is 0 Å². The molecule has 0 saturated heterocycles. The summed E-state index contributed by atoms with van der Waals surface area (Å²) >= 11 is 0. The summed E-state index contributed by atoms with van der Waals surface area (Å²) in [6, 6.07) is 21.3. The highest BCUT2D eigenvalue weighted by molar-refractivity contribution is 6.02. The number of hydrogen-bond acceptors (Lipinski definition) is 3. The SMILES string of the molecule is O=C(O)/C(=C\c1cccc(OCc2ccccc2F)c1)NC(=O)c1ccccc1. The van der Waals surface area contributed by atoms with E-state index in [9.17, 15) is 19.1 Å². The van der Waals surface area contributed by atoms with Crippen LogP contribution in [0, 0.1) is 5.82 Å². The summed E-state index contributed by atoms with van der Waals surface area (Å²) in [6.45, 7) is 0.0381. The lowest BCUT2D eigenvalue weighted by molar-refractivity contribution is -0.132. The summed E-state index contributed by atoms with van der Waals surface area (Å²) in [5.41, 5.74) is 1.00. The summed E-state index contributed by atoms with van der Waals surface area (Å²) in [5.74, 6) is -1.71. The molecule has 3 aromatic rings. The quantitative estimate of drug-likeness (QED) is 0.590. The summed E-state index contributed by atoms with van der Waals surface area (Å²) in [7, 11) is 0. The number of rotatable bonds is 7. The number of benzene rings is 3. The van der Waals surface area contributed by atoms with Crippen molar-refractivity contribution in [2.45, 2.75) is 6.61 Å². The van der Waals surface area contributed by atoms with Crippen molar-refractivity contribution in [1.82, 2.24) is 5.32 Å². The van der Waals surface area contributed by atoms with Crippen molar-refractivity contribution in [2.75, 3.05) is 0 Å². The Kier molecular flexibility index (Phi) is 6.37. The highest BCUT2D eigenvalue weighted by Gasteiger charge is 2.13. The van der Waals surface area contributed by atoms with E-state index >= 15 is 0 Å². The number of nitrogens with one attached hydrogen (secondary N) is 1. The molecule has 5 nitrogen and oxygen atoms in total. The van der Waals surface area contributed by atoms with Gasteiger partial charge in [0.25, 0.3) is 5.91 Å². The smallest absolute Gasteiger partial charge is 0.352 e. The first-order valence-corrected chi connectivity index (χ1v) is 8.80. The van der Waals surface area contributed by atoms with Crippen LogP contribution in [0.15, 0.2) is 84.6 Å². The molecule has 3 rings (SSSR count). The molecule has 29 heavy (non-hydrogen) atoms. The van der Waals surface area contributed by atoms with Crippen molar-refractivity contribution in [2.24, 2.45) is 0 Å². The molecule has 0 heterocycles. The topological polar surface area (TPSA) is 75.6 Å². The minimum atomic E-state index is -1.27. The highest BCUT2D eigenvalue weighted by Crippen LogP contribution is 2.18. The average molecular weight is 391 g/mol. The zero-order valence-electron chi connectivity index (χ0n) is 15.3. The van der Waals surface area contributed by atoms with Gasteiger partial charge in [0.05, 0.1) is 0 Å². The molecule has 1 amide bonds. The lowest BCUT2D eigenvalue weighted by Crippen LogP contribution is -2.27. The Bertz CT molecular complexity index is 1050. The number of carbonyl (C=O) groups excluding carboxylic acids is 1. The maximum Gasteiger partial charge on any atom is 0.352 e. The number of hydrogen-bond donors (Lipinski definition) is 2. The predicted octanol–water partition coefficient (Wildman–Crippen LogP) is 4.26. The van der Waals surface area contributed by atoms with Gasteiger partial charge in [-0.1, -0.05) is 48.5 Å². The van der Waals surface area contributed by atoms with E-state index in [0.717, 1.165) is 0 Å². The van der Waals surface area contributed by atoms with Crippen LogP contribution in [-0.2, 0) is 11.4 Å². The second-order valence-electron chi connectivity index (χ2n) is 6.14.